The van der Waals surface area contributed by atoms with Crippen molar-refractivity contribution in [1.82, 2.24) is 5.32 Å². The number of nitrogens with one attached hydrogen (secondary N) is 1. The third-order valence-electron chi connectivity index (χ3n) is 3.24. The molecule has 2 rings (SSSR count). The summed E-state index contributed by atoms with van der Waals surface area (Å²) in [6.07, 6.45) is 2.10. The molecule has 1 fully saturated rings. The second-order valence-electron chi connectivity index (χ2n) is 4.85. The Morgan fingerprint density at radius 1 is 1.37 bits per heavy atom. The van der Waals surface area contributed by atoms with E-state index in [0.717, 1.165) is 31.6 Å². The number of ether oxygens (including phenoxy) is 2. The number of carbonyl (C=O) groups excluding carboxylic acids is 1. The summed E-state index contributed by atoms with van der Waals surface area (Å²) >= 11 is 0. The number of benzene rings is 1. The van der Waals surface area contributed by atoms with Gasteiger partial charge in [0.15, 0.2) is 0 Å². The van der Waals surface area contributed by atoms with Gasteiger partial charge in [-0.2, -0.15) is 0 Å². The largest absolute Gasteiger partial charge is 0.381 e. The normalized spacial score (nSPS) is 18.4. The summed E-state index contributed by atoms with van der Waals surface area (Å²) in [5, 5.41) is 2.88. The molecular formula is C15H21NO3. The molecule has 1 atom stereocenters. The van der Waals surface area contributed by atoms with Crippen molar-refractivity contribution >= 4 is 5.91 Å². The van der Waals surface area contributed by atoms with Gasteiger partial charge in [-0.1, -0.05) is 30.3 Å². The average molecular weight is 263 g/mol. The van der Waals surface area contributed by atoms with Gasteiger partial charge in [-0.15, -0.1) is 0 Å². The van der Waals surface area contributed by atoms with E-state index < -0.39 is 0 Å². The minimum atomic E-state index is -0.0464. The average Bonchev–Trinajstić information content (AvgIpc) is 2.93. The lowest BCUT2D eigenvalue weighted by Crippen LogP contribution is -2.29. The van der Waals surface area contributed by atoms with E-state index in [9.17, 15) is 4.79 Å². The fraction of sp³-hybridized carbons (Fsp3) is 0.533. The smallest absolute Gasteiger partial charge is 0.246 e. The molecule has 4 nitrogen and oxygen atoms in total. The second kappa shape index (κ2) is 7.92. The van der Waals surface area contributed by atoms with E-state index in [1.54, 1.807) is 0 Å². The number of carbonyl (C=O) groups is 1. The van der Waals surface area contributed by atoms with Crippen molar-refractivity contribution in [1.29, 1.82) is 0 Å². The quantitative estimate of drug-likeness (QED) is 0.815. The Balaban J connectivity index is 1.52. The highest BCUT2D eigenvalue weighted by atomic mass is 16.5. The maximum atomic E-state index is 11.5. The molecule has 4 heteroatoms. The summed E-state index contributed by atoms with van der Waals surface area (Å²) in [6, 6.07) is 9.85. The summed E-state index contributed by atoms with van der Waals surface area (Å²) < 4.78 is 10.7. The van der Waals surface area contributed by atoms with Crippen molar-refractivity contribution in [3.63, 3.8) is 0 Å². The molecule has 1 N–H and O–H groups in total. The number of amides is 1. The molecule has 0 aliphatic carbocycles. The number of hydrogen-bond donors (Lipinski definition) is 1. The van der Waals surface area contributed by atoms with Crippen LogP contribution in [0.5, 0.6) is 0 Å². The van der Waals surface area contributed by atoms with Crippen molar-refractivity contribution in [3.8, 4) is 0 Å². The molecule has 0 radical (unpaired) electrons. The van der Waals surface area contributed by atoms with Gasteiger partial charge in [0, 0.05) is 19.8 Å². The van der Waals surface area contributed by atoms with Crippen molar-refractivity contribution in [2.45, 2.75) is 19.4 Å². The minimum absolute atomic E-state index is 0.0464. The van der Waals surface area contributed by atoms with Gasteiger partial charge in [-0.25, -0.2) is 0 Å². The molecule has 1 amide bonds. The Hall–Kier alpha value is -1.39. The van der Waals surface area contributed by atoms with Gasteiger partial charge >= 0.3 is 0 Å². The minimum Gasteiger partial charge on any atom is -0.381 e. The zero-order valence-electron chi connectivity index (χ0n) is 11.1. The first-order valence-corrected chi connectivity index (χ1v) is 6.80. The van der Waals surface area contributed by atoms with Gasteiger partial charge in [-0.3, -0.25) is 4.79 Å². The van der Waals surface area contributed by atoms with Crippen LogP contribution in [-0.2, 0) is 20.9 Å². The molecule has 0 bridgehead atoms. The van der Waals surface area contributed by atoms with Crippen LogP contribution in [0.4, 0.5) is 0 Å². The van der Waals surface area contributed by atoms with E-state index in [1.807, 2.05) is 30.3 Å². The third-order valence-corrected chi connectivity index (χ3v) is 3.24. The first kappa shape index (κ1) is 14.0. The summed E-state index contributed by atoms with van der Waals surface area (Å²) in [5.74, 6) is 0.556. The summed E-state index contributed by atoms with van der Waals surface area (Å²) in [7, 11) is 0. The highest BCUT2D eigenvalue weighted by Crippen LogP contribution is 2.15. The van der Waals surface area contributed by atoms with E-state index in [-0.39, 0.29) is 12.5 Å². The Kier molecular flexibility index (Phi) is 5.85. The molecule has 0 saturated carbocycles. The molecule has 1 aliphatic rings. The van der Waals surface area contributed by atoms with Crippen LogP contribution in [0.25, 0.3) is 0 Å². The Bertz CT molecular complexity index is 374. The molecule has 0 aromatic heterocycles. The third kappa shape index (κ3) is 5.41. The zero-order valence-corrected chi connectivity index (χ0v) is 11.1. The van der Waals surface area contributed by atoms with Gasteiger partial charge in [0.1, 0.15) is 6.61 Å². The lowest BCUT2D eigenvalue weighted by molar-refractivity contribution is -0.126. The van der Waals surface area contributed by atoms with Gasteiger partial charge in [0.25, 0.3) is 0 Å². The molecule has 1 aromatic rings. The predicted molar refractivity (Wildman–Crippen MR) is 72.7 cm³/mol. The molecule has 1 aromatic carbocycles. The van der Waals surface area contributed by atoms with Crippen molar-refractivity contribution < 1.29 is 14.3 Å². The van der Waals surface area contributed by atoms with Crippen LogP contribution in [0.3, 0.4) is 0 Å². The SMILES string of the molecule is O=C(COCc1ccccc1)NCC[C@@H]1CCOC1. The monoisotopic (exact) mass is 263 g/mol. The molecule has 19 heavy (non-hydrogen) atoms. The molecule has 1 saturated heterocycles. The lowest BCUT2D eigenvalue weighted by atomic mass is 10.1. The maximum Gasteiger partial charge on any atom is 0.246 e. The topological polar surface area (TPSA) is 47.6 Å². The molecule has 104 valence electrons. The highest BCUT2D eigenvalue weighted by Gasteiger charge is 2.15. The first-order valence-electron chi connectivity index (χ1n) is 6.80. The predicted octanol–water partition coefficient (Wildman–Crippen LogP) is 1.75. The van der Waals surface area contributed by atoms with Gasteiger partial charge in [0.05, 0.1) is 6.61 Å². The van der Waals surface area contributed by atoms with Crippen LogP contribution in [0.15, 0.2) is 30.3 Å². The van der Waals surface area contributed by atoms with E-state index in [2.05, 4.69) is 5.32 Å². The molecule has 0 unspecified atom stereocenters. The van der Waals surface area contributed by atoms with Crippen molar-refractivity contribution in [2.24, 2.45) is 5.92 Å². The van der Waals surface area contributed by atoms with E-state index in [4.69, 9.17) is 9.47 Å². The second-order valence-corrected chi connectivity index (χ2v) is 4.85. The van der Waals surface area contributed by atoms with Crippen LogP contribution in [-0.4, -0.2) is 32.3 Å². The van der Waals surface area contributed by atoms with Gasteiger partial charge in [0.2, 0.25) is 5.91 Å². The first-order chi connectivity index (χ1) is 9.34. The fourth-order valence-electron chi connectivity index (χ4n) is 2.11. The van der Waals surface area contributed by atoms with E-state index >= 15 is 0 Å². The molecular weight excluding hydrogens is 242 g/mol. The zero-order chi connectivity index (χ0) is 13.3. The standard InChI is InChI=1S/C15H21NO3/c17-15(16-8-6-14-7-9-18-10-14)12-19-11-13-4-2-1-3-5-13/h1-5,14H,6-12H2,(H,16,17)/t14-/m1/s1. The van der Waals surface area contributed by atoms with Gasteiger partial charge in [-0.05, 0) is 24.3 Å². The number of hydrogen-bond acceptors (Lipinski definition) is 3. The van der Waals surface area contributed by atoms with Crippen LogP contribution in [0, 0.1) is 5.92 Å². The lowest BCUT2D eigenvalue weighted by Gasteiger charge is -2.09. The Morgan fingerprint density at radius 2 is 2.21 bits per heavy atom. The maximum absolute atomic E-state index is 11.5. The fourth-order valence-corrected chi connectivity index (χ4v) is 2.11. The van der Waals surface area contributed by atoms with Crippen LogP contribution in [0.2, 0.25) is 0 Å². The van der Waals surface area contributed by atoms with Gasteiger partial charge < -0.3 is 14.8 Å². The van der Waals surface area contributed by atoms with Crippen LogP contribution in [0.1, 0.15) is 18.4 Å². The summed E-state index contributed by atoms with van der Waals surface area (Å²) in [5.41, 5.74) is 1.08. The van der Waals surface area contributed by atoms with Crippen molar-refractivity contribution in [3.05, 3.63) is 35.9 Å². The van der Waals surface area contributed by atoms with Crippen molar-refractivity contribution in [2.75, 3.05) is 26.4 Å². The molecule has 0 spiro atoms. The molecule has 1 aliphatic heterocycles. The van der Waals surface area contributed by atoms with Crippen LogP contribution >= 0.6 is 0 Å². The van der Waals surface area contributed by atoms with E-state index in [0.29, 0.717) is 19.1 Å². The Labute approximate surface area is 114 Å². The van der Waals surface area contributed by atoms with E-state index in [1.165, 1.54) is 0 Å². The van der Waals surface area contributed by atoms with Crippen LogP contribution < -0.4 is 5.32 Å². The Morgan fingerprint density at radius 3 is 2.95 bits per heavy atom. The summed E-state index contributed by atoms with van der Waals surface area (Å²) in [6.45, 7) is 3.00. The number of rotatable bonds is 7. The highest BCUT2D eigenvalue weighted by molar-refractivity contribution is 5.77. The summed E-state index contributed by atoms with van der Waals surface area (Å²) in [4.78, 5) is 11.5. The molecule has 1 heterocycles.